The monoisotopic (exact) mass is 399 g/mol. The summed E-state index contributed by atoms with van der Waals surface area (Å²) in [5.41, 5.74) is 2.09. The van der Waals surface area contributed by atoms with Crippen molar-refractivity contribution in [2.45, 2.75) is 57.7 Å². The zero-order valence-corrected chi connectivity index (χ0v) is 17.1. The lowest BCUT2D eigenvalue weighted by atomic mass is 9.96. The molecule has 5 atom stereocenters. The minimum absolute atomic E-state index is 0.142. The van der Waals surface area contributed by atoms with Crippen molar-refractivity contribution in [2.24, 2.45) is 0 Å². The molecule has 6 nitrogen and oxygen atoms in total. The normalized spacial score (nSPS) is 26.8. The highest BCUT2D eigenvalue weighted by atomic mass is 16.7. The number of carbonyl (C=O) groups is 1. The summed E-state index contributed by atoms with van der Waals surface area (Å²) in [6.45, 7) is 4.18. The first-order chi connectivity index (χ1) is 14.1. The first kappa shape index (κ1) is 21.5. The van der Waals surface area contributed by atoms with E-state index in [4.69, 9.17) is 18.9 Å². The van der Waals surface area contributed by atoms with Crippen molar-refractivity contribution >= 4 is 5.91 Å². The van der Waals surface area contributed by atoms with E-state index in [9.17, 15) is 4.79 Å². The van der Waals surface area contributed by atoms with Gasteiger partial charge in [0.15, 0.2) is 6.29 Å². The van der Waals surface area contributed by atoms with Crippen LogP contribution in [0.2, 0.25) is 0 Å². The summed E-state index contributed by atoms with van der Waals surface area (Å²) < 4.78 is 24.0. The molecule has 3 rings (SSSR count). The first-order valence-corrected chi connectivity index (χ1v) is 9.85. The van der Waals surface area contributed by atoms with Crippen LogP contribution in [-0.2, 0) is 37.0 Å². The van der Waals surface area contributed by atoms with Gasteiger partial charge in [0.25, 0.3) is 0 Å². The predicted molar refractivity (Wildman–Crippen MR) is 109 cm³/mol. The quantitative estimate of drug-likeness (QED) is 0.739. The number of benzene rings is 2. The van der Waals surface area contributed by atoms with Crippen molar-refractivity contribution in [3.05, 3.63) is 71.8 Å². The fourth-order valence-electron chi connectivity index (χ4n) is 3.53. The second-order valence-electron chi connectivity index (χ2n) is 7.19. The average Bonchev–Trinajstić information content (AvgIpc) is 2.74. The maximum atomic E-state index is 11.8. The zero-order chi connectivity index (χ0) is 20.6. The highest BCUT2D eigenvalue weighted by Crippen LogP contribution is 2.28. The third kappa shape index (κ3) is 5.87. The molecule has 2 aromatic rings. The molecule has 0 unspecified atom stereocenters. The molecule has 1 fully saturated rings. The number of hydrogen-bond acceptors (Lipinski definition) is 5. The van der Waals surface area contributed by atoms with Crippen LogP contribution in [0, 0.1) is 0 Å². The number of rotatable bonds is 8. The Morgan fingerprint density at radius 2 is 1.45 bits per heavy atom. The largest absolute Gasteiger partial charge is 0.368 e. The number of amides is 1. The molecule has 1 heterocycles. The van der Waals surface area contributed by atoms with E-state index in [-0.39, 0.29) is 18.1 Å². The molecule has 0 radical (unpaired) electrons. The topological polar surface area (TPSA) is 66.0 Å². The predicted octanol–water partition coefficient (Wildman–Crippen LogP) is 3.05. The van der Waals surface area contributed by atoms with Crippen molar-refractivity contribution in [1.29, 1.82) is 0 Å². The third-order valence-electron chi connectivity index (χ3n) is 4.97. The minimum atomic E-state index is -0.598. The van der Waals surface area contributed by atoms with Gasteiger partial charge in [-0.3, -0.25) is 4.79 Å². The maximum Gasteiger partial charge on any atom is 0.217 e. The van der Waals surface area contributed by atoms with E-state index in [1.54, 1.807) is 7.11 Å². The Balaban J connectivity index is 1.80. The van der Waals surface area contributed by atoms with Gasteiger partial charge in [0.2, 0.25) is 5.91 Å². The lowest BCUT2D eigenvalue weighted by Crippen LogP contribution is -2.64. The summed E-state index contributed by atoms with van der Waals surface area (Å²) in [7, 11) is 1.59. The molecule has 0 aromatic heterocycles. The van der Waals surface area contributed by atoms with Crippen molar-refractivity contribution in [2.75, 3.05) is 7.11 Å². The fraction of sp³-hybridized carbons (Fsp3) is 0.435. The van der Waals surface area contributed by atoms with Crippen LogP contribution >= 0.6 is 0 Å². The van der Waals surface area contributed by atoms with Gasteiger partial charge in [-0.15, -0.1) is 0 Å². The van der Waals surface area contributed by atoms with Crippen LogP contribution in [0.25, 0.3) is 0 Å². The van der Waals surface area contributed by atoms with Crippen LogP contribution in [0.3, 0.4) is 0 Å². The van der Waals surface area contributed by atoms with Gasteiger partial charge in [-0.25, -0.2) is 0 Å². The van der Waals surface area contributed by atoms with E-state index in [0.717, 1.165) is 11.1 Å². The number of carbonyl (C=O) groups excluding carboxylic acids is 1. The molecular weight excluding hydrogens is 370 g/mol. The van der Waals surface area contributed by atoms with Gasteiger partial charge >= 0.3 is 0 Å². The second-order valence-corrected chi connectivity index (χ2v) is 7.19. The Hall–Kier alpha value is -2.25. The van der Waals surface area contributed by atoms with Crippen molar-refractivity contribution in [3.8, 4) is 0 Å². The molecule has 0 saturated carbocycles. The van der Waals surface area contributed by atoms with Crippen LogP contribution in [-0.4, -0.2) is 43.7 Å². The van der Waals surface area contributed by atoms with E-state index in [0.29, 0.717) is 13.2 Å². The third-order valence-corrected chi connectivity index (χ3v) is 4.97. The van der Waals surface area contributed by atoms with Crippen molar-refractivity contribution < 1.29 is 23.7 Å². The molecule has 1 aliphatic heterocycles. The molecule has 29 heavy (non-hydrogen) atoms. The lowest BCUT2D eigenvalue weighted by Gasteiger charge is -2.45. The van der Waals surface area contributed by atoms with Crippen LogP contribution in [0.4, 0.5) is 0 Å². The Bertz CT molecular complexity index is 754. The highest BCUT2D eigenvalue weighted by Gasteiger charge is 2.46. The molecule has 2 aromatic carbocycles. The molecule has 156 valence electrons. The van der Waals surface area contributed by atoms with Crippen LogP contribution in [0.15, 0.2) is 60.7 Å². The van der Waals surface area contributed by atoms with Gasteiger partial charge in [0.05, 0.1) is 25.4 Å². The maximum absolute atomic E-state index is 11.8. The summed E-state index contributed by atoms with van der Waals surface area (Å²) in [5.74, 6) is -0.142. The number of hydrogen-bond donors (Lipinski definition) is 1. The van der Waals surface area contributed by atoms with Gasteiger partial charge in [-0.2, -0.15) is 0 Å². The first-order valence-electron chi connectivity index (χ1n) is 9.85. The minimum Gasteiger partial charge on any atom is -0.368 e. The summed E-state index contributed by atoms with van der Waals surface area (Å²) in [6.07, 6.45) is -1.82. The van der Waals surface area contributed by atoms with Crippen molar-refractivity contribution in [3.63, 3.8) is 0 Å². The molecular formula is C23H29NO5. The summed E-state index contributed by atoms with van der Waals surface area (Å²) in [5, 5.41) is 2.97. The molecule has 0 spiro atoms. The van der Waals surface area contributed by atoms with E-state index < -0.39 is 18.5 Å². The van der Waals surface area contributed by atoms with Gasteiger partial charge in [0, 0.05) is 14.0 Å². The summed E-state index contributed by atoms with van der Waals surface area (Å²) in [6, 6.07) is 19.5. The molecule has 6 heteroatoms. The highest BCUT2D eigenvalue weighted by molar-refractivity contribution is 5.73. The zero-order valence-electron chi connectivity index (χ0n) is 17.1. The molecule has 1 aliphatic rings. The van der Waals surface area contributed by atoms with Crippen LogP contribution < -0.4 is 5.32 Å². The average molecular weight is 399 g/mol. The lowest BCUT2D eigenvalue weighted by molar-refractivity contribution is -0.285. The number of nitrogens with one attached hydrogen (secondary N) is 1. The van der Waals surface area contributed by atoms with E-state index in [2.05, 4.69) is 5.32 Å². The fourth-order valence-corrected chi connectivity index (χ4v) is 3.53. The Morgan fingerprint density at radius 3 is 1.93 bits per heavy atom. The van der Waals surface area contributed by atoms with E-state index >= 15 is 0 Å². The van der Waals surface area contributed by atoms with Gasteiger partial charge in [-0.05, 0) is 18.1 Å². The molecule has 0 bridgehead atoms. The van der Waals surface area contributed by atoms with Gasteiger partial charge in [0.1, 0.15) is 12.2 Å². The Kier molecular flexibility index (Phi) is 7.77. The van der Waals surface area contributed by atoms with Gasteiger partial charge < -0.3 is 24.3 Å². The Morgan fingerprint density at radius 1 is 0.931 bits per heavy atom. The summed E-state index contributed by atoms with van der Waals surface area (Å²) in [4.78, 5) is 11.8. The summed E-state index contributed by atoms with van der Waals surface area (Å²) >= 11 is 0. The van der Waals surface area contributed by atoms with Crippen LogP contribution in [0.1, 0.15) is 25.0 Å². The molecule has 1 saturated heterocycles. The van der Waals surface area contributed by atoms with E-state index in [1.807, 2.05) is 67.6 Å². The number of ether oxygens (including phenoxy) is 4. The van der Waals surface area contributed by atoms with Crippen molar-refractivity contribution in [1.82, 2.24) is 5.32 Å². The van der Waals surface area contributed by atoms with E-state index in [1.165, 1.54) is 6.92 Å². The smallest absolute Gasteiger partial charge is 0.217 e. The molecule has 1 N–H and O–H groups in total. The SMILES string of the molecule is CO[C@@H]1O[C@@H](C)[C@@H](NC(C)=O)[C@H](OCc2ccccc2)[C@@H]1OCc1ccccc1. The molecule has 1 amide bonds. The Labute approximate surface area is 172 Å². The standard InChI is InChI=1S/C23H29NO5/c1-16-20(24-17(2)25)21(27-14-18-10-6-4-7-11-18)22(23(26-3)29-16)28-15-19-12-8-5-9-13-19/h4-13,16,20-23H,14-15H2,1-3H3,(H,24,25)/t16-,20+,21-,22-,23+/m0/s1. The van der Waals surface area contributed by atoms with Crippen LogP contribution in [0.5, 0.6) is 0 Å². The molecule has 0 aliphatic carbocycles. The second kappa shape index (κ2) is 10.5. The van der Waals surface area contributed by atoms with Gasteiger partial charge in [-0.1, -0.05) is 60.7 Å². The number of methoxy groups -OCH3 is 1.